The summed E-state index contributed by atoms with van der Waals surface area (Å²) >= 11 is 0. The van der Waals surface area contributed by atoms with E-state index in [4.69, 9.17) is 19.4 Å². The third-order valence-corrected chi connectivity index (χ3v) is 6.02. The summed E-state index contributed by atoms with van der Waals surface area (Å²) in [6, 6.07) is 17.9. The average molecular weight is 392 g/mol. The van der Waals surface area contributed by atoms with E-state index in [1.54, 1.807) is 0 Å². The minimum Gasteiger partial charge on any atom is -0.427 e. The molecule has 7 rings (SSSR count). The molecule has 0 atom stereocenters. The summed E-state index contributed by atoms with van der Waals surface area (Å²) < 4.78 is 16.9. The van der Waals surface area contributed by atoms with Gasteiger partial charge in [0, 0.05) is 0 Å². The minimum atomic E-state index is -0.177. The van der Waals surface area contributed by atoms with Crippen molar-refractivity contribution in [2.45, 2.75) is 20.8 Å². The number of fused-ring (bicyclic) bond motifs is 8. The summed E-state index contributed by atoms with van der Waals surface area (Å²) in [6.45, 7) is 6.02. The monoisotopic (exact) mass is 392 g/mol. The van der Waals surface area contributed by atoms with E-state index in [1.807, 2.05) is 6.92 Å². The SMILES string of the molecule is Cc1cc2c3c(c1)Oc1nc4cc(C)ccc4n1B3n1c(nc3cc(C)ccc31)O2. The molecular formula is C23H17BN4O2. The van der Waals surface area contributed by atoms with Crippen LogP contribution in [0.5, 0.6) is 23.5 Å². The van der Waals surface area contributed by atoms with Crippen molar-refractivity contribution in [2.75, 3.05) is 0 Å². The van der Waals surface area contributed by atoms with Gasteiger partial charge in [-0.25, -0.2) is 0 Å². The predicted molar refractivity (Wildman–Crippen MR) is 116 cm³/mol. The van der Waals surface area contributed by atoms with Crippen LogP contribution in [0.15, 0.2) is 48.5 Å². The van der Waals surface area contributed by atoms with Crippen LogP contribution in [0.4, 0.5) is 0 Å². The smallest absolute Gasteiger partial charge is 0.427 e. The third kappa shape index (κ3) is 1.94. The van der Waals surface area contributed by atoms with Gasteiger partial charge in [-0.3, -0.25) is 0 Å². The van der Waals surface area contributed by atoms with E-state index >= 15 is 0 Å². The van der Waals surface area contributed by atoms with E-state index in [9.17, 15) is 0 Å². The highest BCUT2D eigenvalue weighted by molar-refractivity contribution is 6.74. The quantitative estimate of drug-likeness (QED) is 0.361. The maximum atomic E-state index is 6.29. The lowest BCUT2D eigenvalue weighted by molar-refractivity contribution is 0.408. The van der Waals surface area contributed by atoms with Gasteiger partial charge in [0.05, 0.1) is 27.5 Å². The molecule has 0 saturated carbocycles. The Morgan fingerprint density at radius 3 is 1.67 bits per heavy atom. The van der Waals surface area contributed by atoms with Crippen LogP contribution in [0.3, 0.4) is 0 Å². The van der Waals surface area contributed by atoms with Crippen molar-refractivity contribution in [3.8, 4) is 23.5 Å². The molecule has 0 fully saturated rings. The lowest BCUT2D eigenvalue weighted by Gasteiger charge is -2.32. The van der Waals surface area contributed by atoms with Crippen LogP contribution in [0, 0.1) is 20.8 Å². The van der Waals surface area contributed by atoms with E-state index in [0.717, 1.165) is 44.6 Å². The highest BCUT2D eigenvalue weighted by Gasteiger charge is 2.44. The largest absolute Gasteiger partial charge is 0.435 e. The Hall–Kier alpha value is -3.74. The molecule has 2 aromatic heterocycles. The standard InChI is InChI=1S/C23H17BN4O2/c1-12-4-6-17-15(8-12)25-22-27(17)24-21-19(29-22)10-14(3)11-20(21)30-23-26-16-9-13(2)5-7-18(16)28(23)24/h4-11H,1-3H3. The first-order chi connectivity index (χ1) is 14.6. The number of hydrogen-bond acceptors (Lipinski definition) is 4. The lowest BCUT2D eigenvalue weighted by Crippen LogP contribution is -2.50. The van der Waals surface area contributed by atoms with E-state index in [-0.39, 0.29) is 6.98 Å². The van der Waals surface area contributed by atoms with Gasteiger partial charge in [0.2, 0.25) is 0 Å². The number of ether oxygens (including phenoxy) is 2. The van der Waals surface area contributed by atoms with Gasteiger partial charge in [-0.2, -0.15) is 9.97 Å². The summed E-state index contributed by atoms with van der Waals surface area (Å²) in [5, 5.41) is 0. The molecule has 3 aromatic carbocycles. The van der Waals surface area contributed by atoms with Crippen LogP contribution in [0.25, 0.3) is 22.1 Å². The van der Waals surface area contributed by atoms with Gasteiger partial charge >= 0.3 is 6.98 Å². The van der Waals surface area contributed by atoms with Crippen molar-refractivity contribution < 1.29 is 9.47 Å². The first-order valence-electron chi connectivity index (χ1n) is 10.0. The Bertz CT molecular complexity index is 1440. The topological polar surface area (TPSA) is 54.1 Å². The molecule has 4 heterocycles. The molecule has 0 bridgehead atoms. The zero-order valence-electron chi connectivity index (χ0n) is 16.8. The van der Waals surface area contributed by atoms with E-state index in [1.165, 1.54) is 11.1 Å². The lowest BCUT2D eigenvalue weighted by atomic mass is 9.64. The van der Waals surface area contributed by atoms with Gasteiger partial charge in [0.1, 0.15) is 11.5 Å². The summed E-state index contributed by atoms with van der Waals surface area (Å²) in [5.41, 5.74) is 8.31. The van der Waals surface area contributed by atoms with Crippen molar-refractivity contribution in [3.63, 3.8) is 0 Å². The van der Waals surface area contributed by atoms with Crippen LogP contribution in [-0.2, 0) is 0 Å². The van der Waals surface area contributed by atoms with E-state index < -0.39 is 0 Å². The second kappa shape index (κ2) is 5.24. The predicted octanol–water partition coefficient (Wildman–Crippen LogP) is 4.31. The Labute approximate surface area is 172 Å². The van der Waals surface area contributed by atoms with Crippen molar-refractivity contribution >= 4 is 34.5 Å². The molecule has 0 unspecified atom stereocenters. The van der Waals surface area contributed by atoms with E-state index in [0.29, 0.717) is 12.0 Å². The van der Waals surface area contributed by atoms with Crippen LogP contribution in [0.2, 0.25) is 0 Å². The summed E-state index contributed by atoms with van der Waals surface area (Å²) in [7, 11) is 0. The zero-order chi connectivity index (χ0) is 20.1. The molecule has 0 spiro atoms. The first kappa shape index (κ1) is 16.1. The molecule has 7 heteroatoms. The molecule has 144 valence electrons. The van der Waals surface area contributed by atoms with Crippen LogP contribution < -0.4 is 14.9 Å². The molecular weight excluding hydrogens is 375 g/mol. The fourth-order valence-corrected chi connectivity index (χ4v) is 4.72. The van der Waals surface area contributed by atoms with Gasteiger partial charge in [-0.1, -0.05) is 12.1 Å². The fraction of sp³-hybridized carbons (Fsp3) is 0.130. The van der Waals surface area contributed by atoms with Crippen LogP contribution in [-0.4, -0.2) is 25.9 Å². The summed E-state index contributed by atoms with van der Waals surface area (Å²) in [4.78, 5) is 9.62. The van der Waals surface area contributed by atoms with Gasteiger partial charge < -0.3 is 18.4 Å². The maximum Gasteiger partial charge on any atom is 0.435 e. The number of nitrogens with zero attached hydrogens (tertiary/aromatic N) is 4. The second-order valence-electron chi connectivity index (χ2n) is 8.27. The van der Waals surface area contributed by atoms with Crippen molar-refractivity contribution in [2.24, 2.45) is 0 Å². The summed E-state index contributed by atoms with van der Waals surface area (Å²) in [5.74, 6) is 1.57. The molecule has 0 amide bonds. The van der Waals surface area contributed by atoms with Gasteiger partial charge in [-0.15, -0.1) is 0 Å². The second-order valence-corrected chi connectivity index (χ2v) is 8.27. The van der Waals surface area contributed by atoms with Gasteiger partial charge in [-0.05, 0) is 73.9 Å². The molecule has 0 saturated heterocycles. The van der Waals surface area contributed by atoms with Crippen LogP contribution in [0.1, 0.15) is 16.7 Å². The number of hydrogen-bond donors (Lipinski definition) is 0. The number of imidazole rings is 2. The number of aromatic nitrogens is 4. The Morgan fingerprint density at radius 2 is 1.17 bits per heavy atom. The Kier molecular flexibility index (Phi) is 2.81. The fourth-order valence-electron chi connectivity index (χ4n) is 4.72. The molecule has 2 aliphatic rings. The summed E-state index contributed by atoms with van der Waals surface area (Å²) in [6.07, 6.45) is 0. The first-order valence-corrected chi connectivity index (χ1v) is 10.0. The number of rotatable bonds is 0. The van der Waals surface area contributed by atoms with E-state index in [2.05, 4.69) is 71.3 Å². The highest BCUT2D eigenvalue weighted by Crippen LogP contribution is 2.40. The molecule has 2 aliphatic heterocycles. The highest BCUT2D eigenvalue weighted by atomic mass is 16.5. The number of aryl methyl sites for hydroxylation is 3. The third-order valence-electron chi connectivity index (χ3n) is 6.02. The maximum absolute atomic E-state index is 6.29. The van der Waals surface area contributed by atoms with Crippen molar-refractivity contribution in [3.05, 3.63) is 65.2 Å². The molecule has 0 radical (unpaired) electrons. The molecule has 0 aliphatic carbocycles. The molecule has 0 N–H and O–H groups in total. The van der Waals surface area contributed by atoms with Gasteiger partial charge in [0.25, 0.3) is 12.0 Å². The number of benzene rings is 3. The molecule has 5 aromatic rings. The zero-order valence-corrected chi connectivity index (χ0v) is 16.8. The van der Waals surface area contributed by atoms with Crippen molar-refractivity contribution in [1.82, 2.24) is 18.9 Å². The minimum absolute atomic E-state index is 0.177. The Balaban J connectivity index is 1.63. The molecule has 30 heavy (non-hydrogen) atoms. The van der Waals surface area contributed by atoms with Gasteiger partial charge in [0.15, 0.2) is 0 Å². The van der Waals surface area contributed by atoms with Crippen LogP contribution >= 0.6 is 0 Å². The Morgan fingerprint density at radius 1 is 0.667 bits per heavy atom. The van der Waals surface area contributed by atoms with Crippen molar-refractivity contribution in [1.29, 1.82) is 0 Å². The average Bonchev–Trinajstić information content (AvgIpc) is 3.23. The normalized spacial score (nSPS) is 13.6. The molecule has 6 nitrogen and oxygen atoms in total.